The van der Waals surface area contributed by atoms with Crippen LogP contribution < -0.4 is 0 Å². The minimum absolute atomic E-state index is 0.165. The van der Waals surface area contributed by atoms with Gasteiger partial charge in [0.25, 0.3) is 0 Å². The molecule has 0 bridgehead atoms. The van der Waals surface area contributed by atoms with E-state index in [0.717, 1.165) is 6.08 Å². The zero-order valence-electron chi connectivity index (χ0n) is 9.75. The SMILES string of the molecule is CC1C=CC(N2CCC(Br)C2=O)=CC1C(F)(F)F. The molecule has 0 N–H and O–H groups in total. The van der Waals surface area contributed by atoms with Gasteiger partial charge in [-0.2, -0.15) is 13.2 Å². The van der Waals surface area contributed by atoms with Gasteiger partial charge in [-0.25, -0.2) is 0 Å². The van der Waals surface area contributed by atoms with Crippen LogP contribution in [-0.2, 0) is 4.79 Å². The van der Waals surface area contributed by atoms with Crippen LogP contribution in [0.4, 0.5) is 13.2 Å². The number of allylic oxidation sites excluding steroid dienone is 3. The number of amides is 1. The Hall–Kier alpha value is -0.780. The van der Waals surface area contributed by atoms with E-state index in [-0.39, 0.29) is 10.7 Å². The smallest absolute Gasteiger partial charge is 0.312 e. The summed E-state index contributed by atoms with van der Waals surface area (Å²) in [5.41, 5.74) is 0.363. The zero-order chi connectivity index (χ0) is 13.5. The number of halogens is 4. The molecule has 0 spiro atoms. The first-order chi connectivity index (χ1) is 8.30. The molecule has 18 heavy (non-hydrogen) atoms. The first-order valence-electron chi connectivity index (χ1n) is 5.73. The monoisotopic (exact) mass is 323 g/mol. The van der Waals surface area contributed by atoms with Crippen LogP contribution in [-0.4, -0.2) is 28.4 Å². The number of carbonyl (C=O) groups is 1. The number of alkyl halides is 4. The van der Waals surface area contributed by atoms with Crippen molar-refractivity contribution in [2.75, 3.05) is 6.54 Å². The molecule has 0 saturated carbocycles. The molecule has 2 nitrogen and oxygen atoms in total. The van der Waals surface area contributed by atoms with Gasteiger partial charge in [-0.1, -0.05) is 28.9 Å². The lowest BCUT2D eigenvalue weighted by Crippen LogP contribution is -2.33. The third-order valence-corrected chi connectivity index (χ3v) is 4.17. The molecule has 6 heteroatoms. The molecule has 3 unspecified atom stereocenters. The predicted molar refractivity (Wildman–Crippen MR) is 65.0 cm³/mol. The van der Waals surface area contributed by atoms with Gasteiger partial charge in [0.15, 0.2) is 0 Å². The van der Waals surface area contributed by atoms with Gasteiger partial charge in [-0.15, -0.1) is 0 Å². The van der Waals surface area contributed by atoms with Crippen molar-refractivity contribution >= 4 is 21.8 Å². The fourth-order valence-electron chi connectivity index (χ4n) is 2.24. The minimum atomic E-state index is -4.27. The molecule has 2 rings (SSSR count). The van der Waals surface area contributed by atoms with Crippen LogP contribution in [0.15, 0.2) is 23.9 Å². The fourth-order valence-corrected chi connectivity index (χ4v) is 2.69. The first-order valence-corrected chi connectivity index (χ1v) is 6.64. The van der Waals surface area contributed by atoms with Gasteiger partial charge in [0, 0.05) is 12.2 Å². The number of nitrogens with zero attached hydrogens (tertiary/aromatic N) is 1. The lowest BCUT2D eigenvalue weighted by Gasteiger charge is -2.28. The molecule has 3 atom stereocenters. The van der Waals surface area contributed by atoms with Crippen molar-refractivity contribution < 1.29 is 18.0 Å². The van der Waals surface area contributed by atoms with Crippen LogP contribution in [0.2, 0.25) is 0 Å². The summed E-state index contributed by atoms with van der Waals surface area (Å²) < 4.78 is 38.5. The molecular weight excluding hydrogens is 311 g/mol. The Morgan fingerprint density at radius 1 is 1.44 bits per heavy atom. The zero-order valence-corrected chi connectivity index (χ0v) is 11.3. The Morgan fingerprint density at radius 3 is 2.61 bits per heavy atom. The summed E-state index contributed by atoms with van der Waals surface area (Å²) in [6.07, 6.45) is 0.633. The van der Waals surface area contributed by atoms with E-state index >= 15 is 0 Å². The number of rotatable bonds is 1. The van der Waals surface area contributed by atoms with Crippen molar-refractivity contribution in [1.29, 1.82) is 0 Å². The number of likely N-dealkylation sites (tertiary alicyclic amines) is 1. The average Bonchev–Trinajstić information content (AvgIpc) is 2.59. The standard InChI is InChI=1S/C12H13BrF3NO/c1-7-2-3-8(6-9(7)12(14,15)16)17-5-4-10(13)11(17)18/h2-3,6-7,9-10H,4-5H2,1H3. The normalized spacial score (nSPS) is 32.9. The predicted octanol–water partition coefficient (Wildman–Crippen LogP) is 3.25. The molecule has 1 aliphatic heterocycles. The van der Waals surface area contributed by atoms with Crippen LogP contribution in [0.3, 0.4) is 0 Å². The van der Waals surface area contributed by atoms with E-state index in [2.05, 4.69) is 15.9 Å². The van der Waals surface area contributed by atoms with Crippen molar-refractivity contribution in [3.63, 3.8) is 0 Å². The molecule has 100 valence electrons. The molecule has 1 saturated heterocycles. The van der Waals surface area contributed by atoms with E-state index in [1.165, 1.54) is 17.9 Å². The highest BCUT2D eigenvalue weighted by molar-refractivity contribution is 9.10. The molecule has 1 heterocycles. The van der Waals surface area contributed by atoms with E-state index in [0.29, 0.717) is 18.7 Å². The Bertz CT molecular complexity index is 416. The summed E-state index contributed by atoms with van der Waals surface area (Å²) in [6.45, 7) is 1.99. The number of hydrogen-bond donors (Lipinski definition) is 0. The second-order valence-corrected chi connectivity index (χ2v) is 5.73. The minimum Gasteiger partial charge on any atom is -0.312 e. The van der Waals surface area contributed by atoms with E-state index in [9.17, 15) is 18.0 Å². The van der Waals surface area contributed by atoms with Crippen LogP contribution in [0.5, 0.6) is 0 Å². The molecule has 0 aromatic carbocycles. The van der Waals surface area contributed by atoms with Gasteiger partial charge in [0.05, 0.1) is 10.7 Å². The van der Waals surface area contributed by atoms with E-state index < -0.39 is 18.0 Å². The Kier molecular flexibility index (Phi) is 3.58. The molecule has 0 aromatic rings. The molecular formula is C12H13BrF3NO. The van der Waals surface area contributed by atoms with Gasteiger partial charge in [-0.05, 0) is 24.5 Å². The highest BCUT2D eigenvalue weighted by Gasteiger charge is 2.43. The third-order valence-electron chi connectivity index (χ3n) is 3.32. The highest BCUT2D eigenvalue weighted by Crippen LogP contribution is 2.38. The molecule has 1 aliphatic carbocycles. The second kappa shape index (κ2) is 4.72. The largest absolute Gasteiger partial charge is 0.395 e. The van der Waals surface area contributed by atoms with Crippen molar-refractivity contribution in [3.8, 4) is 0 Å². The number of carbonyl (C=O) groups excluding carboxylic acids is 1. The summed E-state index contributed by atoms with van der Waals surface area (Å²) in [5, 5.41) is 0. The molecule has 1 fully saturated rings. The van der Waals surface area contributed by atoms with E-state index in [4.69, 9.17) is 0 Å². The van der Waals surface area contributed by atoms with Gasteiger partial charge in [0.2, 0.25) is 5.91 Å². The topological polar surface area (TPSA) is 20.3 Å². The van der Waals surface area contributed by atoms with E-state index in [1.54, 1.807) is 6.08 Å². The van der Waals surface area contributed by atoms with Gasteiger partial charge >= 0.3 is 6.18 Å². The Labute approximate surface area is 112 Å². The van der Waals surface area contributed by atoms with Crippen molar-refractivity contribution in [3.05, 3.63) is 23.9 Å². The molecule has 0 aromatic heterocycles. The Balaban J connectivity index is 2.24. The van der Waals surface area contributed by atoms with Crippen molar-refractivity contribution in [2.45, 2.75) is 24.3 Å². The lowest BCUT2D eigenvalue weighted by atomic mass is 9.88. The summed E-state index contributed by atoms with van der Waals surface area (Å²) in [4.78, 5) is 12.9. The second-order valence-electron chi connectivity index (χ2n) is 4.62. The molecule has 2 aliphatic rings. The maximum Gasteiger partial charge on any atom is 0.395 e. The summed E-state index contributed by atoms with van der Waals surface area (Å²) in [6, 6.07) is 0. The quantitative estimate of drug-likeness (QED) is 0.678. The average molecular weight is 324 g/mol. The molecule has 0 radical (unpaired) electrons. The Morgan fingerprint density at radius 2 is 2.11 bits per heavy atom. The van der Waals surface area contributed by atoms with Crippen LogP contribution in [0, 0.1) is 11.8 Å². The van der Waals surface area contributed by atoms with Crippen LogP contribution in [0.1, 0.15) is 13.3 Å². The fraction of sp³-hybridized carbons (Fsp3) is 0.583. The van der Waals surface area contributed by atoms with Crippen molar-refractivity contribution in [2.24, 2.45) is 11.8 Å². The highest BCUT2D eigenvalue weighted by atomic mass is 79.9. The summed E-state index contributed by atoms with van der Waals surface area (Å²) >= 11 is 3.21. The summed E-state index contributed by atoms with van der Waals surface area (Å²) in [7, 11) is 0. The summed E-state index contributed by atoms with van der Waals surface area (Å²) in [5.74, 6) is -2.27. The first kappa shape index (κ1) is 13.6. The third kappa shape index (κ3) is 2.48. The maximum atomic E-state index is 12.8. The van der Waals surface area contributed by atoms with Crippen LogP contribution >= 0.6 is 15.9 Å². The maximum absolute atomic E-state index is 12.8. The van der Waals surface area contributed by atoms with Crippen molar-refractivity contribution in [1.82, 2.24) is 4.90 Å². The van der Waals surface area contributed by atoms with E-state index in [1.807, 2.05) is 0 Å². The molecule has 1 amide bonds. The van der Waals surface area contributed by atoms with Gasteiger partial charge < -0.3 is 4.90 Å². The van der Waals surface area contributed by atoms with Crippen LogP contribution in [0.25, 0.3) is 0 Å². The lowest BCUT2D eigenvalue weighted by molar-refractivity contribution is -0.169. The number of hydrogen-bond acceptors (Lipinski definition) is 1. The van der Waals surface area contributed by atoms with Gasteiger partial charge in [0.1, 0.15) is 0 Å². The van der Waals surface area contributed by atoms with Gasteiger partial charge in [-0.3, -0.25) is 4.79 Å².